The summed E-state index contributed by atoms with van der Waals surface area (Å²) in [6.45, 7) is 0. The molecule has 4 heteroatoms. The fourth-order valence-corrected chi connectivity index (χ4v) is 1.80. The van der Waals surface area contributed by atoms with Crippen molar-refractivity contribution < 1.29 is 9.53 Å². The second-order valence-corrected chi connectivity index (χ2v) is 4.49. The molecule has 20 heavy (non-hydrogen) atoms. The average Bonchev–Trinajstić information content (AvgIpc) is 2.49. The molecule has 0 bridgehead atoms. The lowest BCUT2D eigenvalue weighted by Crippen LogP contribution is -2.11. The highest BCUT2D eigenvalue weighted by Crippen LogP contribution is 2.17. The molecule has 0 atom stereocenters. The normalized spacial score (nSPS) is 11.0. The fourth-order valence-electron chi connectivity index (χ4n) is 1.63. The minimum Gasteiger partial charge on any atom is -0.497 e. The van der Waals surface area contributed by atoms with Crippen LogP contribution in [0.2, 0.25) is 0 Å². The van der Waals surface area contributed by atoms with Crippen molar-refractivity contribution >= 4 is 29.3 Å². The van der Waals surface area contributed by atoms with E-state index in [-0.39, 0.29) is 10.9 Å². The van der Waals surface area contributed by atoms with E-state index in [1.54, 1.807) is 37.5 Å². The van der Waals surface area contributed by atoms with Gasteiger partial charge in [0.2, 0.25) is 0 Å². The Balaban J connectivity index is 2.05. The minimum absolute atomic E-state index is 0.131. The van der Waals surface area contributed by atoms with Crippen LogP contribution in [0.5, 0.6) is 5.75 Å². The molecule has 1 N–H and O–H groups in total. The van der Waals surface area contributed by atoms with Gasteiger partial charge in [-0.25, -0.2) is 0 Å². The molecule has 1 amide bonds. The van der Waals surface area contributed by atoms with Gasteiger partial charge >= 0.3 is 0 Å². The lowest BCUT2D eigenvalue weighted by atomic mass is 10.2. The molecule has 0 unspecified atom stereocenters. The van der Waals surface area contributed by atoms with Crippen molar-refractivity contribution in [3.63, 3.8) is 0 Å². The molecule has 0 aliphatic heterocycles. The lowest BCUT2D eigenvalue weighted by Gasteiger charge is -2.05. The Labute approximate surface area is 122 Å². The number of hydrogen-bond acceptors (Lipinski definition) is 2. The maximum Gasteiger partial charge on any atom is 0.267 e. The van der Waals surface area contributed by atoms with Gasteiger partial charge in [0.05, 0.1) is 7.11 Å². The summed E-state index contributed by atoms with van der Waals surface area (Å²) in [5.41, 5.74) is 1.54. The molecule has 2 aromatic carbocycles. The van der Waals surface area contributed by atoms with Crippen LogP contribution < -0.4 is 10.1 Å². The summed E-state index contributed by atoms with van der Waals surface area (Å²) in [7, 11) is 1.59. The first-order valence-electron chi connectivity index (χ1n) is 6.06. The lowest BCUT2D eigenvalue weighted by molar-refractivity contribution is -0.112. The van der Waals surface area contributed by atoms with Gasteiger partial charge in [0.1, 0.15) is 10.8 Å². The smallest absolute Gasteiger partial charge is 0.267 e. The van der Waals surface area contributed by atoms with Gasteiger partial charge in [-0.15, -0.1) is 0 Å². The van der Waals surface area contributed by atoms with Crippen LogP contribution in [0.25, 0.3) is 6.08 Å². The summed E-state index contributed by atoms with van der Waals surface area (Å²) in [5.74, 6) is 0.384. The third-order valence-electron chi connectivity index (χ3n) is 2.66. The number of methoxy groups -OCH3 is 1. The molecule has 3 nitrogen and oxygen atoms in total. The second kappa shape index (κ2) is 6.78. The van der Waals surface area contributed by atoms with Crippen molar-refractivity contribution in [1.82, 2.24) is 0 Å². The van der Waals surface area contributed by atoms with Crippen LogP contribution >= 0.6 is 11.6 Å². The Morgan fingerprint density at radius 3 is 2.35 bits per heavy atom. The molecule has 0 fully saturated rings. The van der Waals surface area contributed by atoms with Crippen molar-refractivity contribution in [2.75, 3.05) is 12.4 Å². The summed E-state index contributed by atoms with van der Waals surface area (Å²) < 4.78 is 5.05. The first-order chi connectivity index (χ1) is 9.69. The Morgan fingerprint density at radius 2 is 1.75 bits per heavy atom. The minimum atomic E-state index is -0.347. The van der Waals surface area contributed by atoms with Gasteiger partial charge < -0.3 is 10.1 Å². The third-order valence-corrected chi connectivity index (χ3v) is 2.94. The highest BCUT2D eigenvalue weighted by atomic mass is 35.5. The standard InChI is InChI=1S/C16H14ClNO2/c1-20-14-9-7-13(8-10-14)18-16(19)15(17)11-12-5-3-2-4-6-12/h2-11H,1H3,(H,18,19)/b15-11-. The van der Waals surface area contributed by atoms with E-state index in [1.807, 2.05) is 30.3 Å². The Hall–Kier alpha value is -2.26. The number of carbonyl (C=O) groups excluding carboxylic acids is 1. The molecule has 2 aromatic rings. The van der Waals surface area contributed by atoms with Gasteiger partial charge in [-0.1, -0.05) is 41.9 Å². The summed E-state index contributed by atoms with van der Waals surface area (Å²) in [4.78, 5) is 11.9. The zero-order valence-corrected chi connectivity index (χ0v) is 11.7. The predicted octanol–water partition coefficient (Wildman–Crippen LogP) is 3.91. The first kappa shape index (κ1) is 14.2. The van der Waals surface area contributed by atoms with Crippen molar-refractivity contribution in [3.05, 3.63) is 65.2 Å². The van der Waals surface area contributed by atoms with E-state index in [2.05, 4.69) is 5.32 Å². The van der Waals surface area contributed by atoms with Crippen LogP contribution in [0.4, 0.5) is 5.69 Å². The Bertz CT molecular complexity index is 606. The van der Waals surface area contributed by atoms with Gasteiger partial charge in [-0.3, -0.25) is 4.79 Å². The topological polar surface area (TPSA) is 38.3 Å². The van der Waals surface area contributed by atoms with Crippen LogP contribution in [0.1, 0.15) is 5.56 Å². The van der Waals surface area contributed by atoms with E-state index in [4.69, 9.17) is 16.3 Å². The molecule has 102 valence electrons. The third kappa shape index (κ3) is 3.87. The molecule has 0 saturated heterocycles. The molecule has 2 rings (SSSR count). The van der Waals surface area contributed by atoms with Gasteiger partial charge in [0.15, 0.2) is 0 Å². The molecule has 0 saturated carbocycles. The van der Waals surface area contributed by atoms with Gasteiger partial charge in [-0.05, 0) is 35.9 Å². The van der Waals surface area contributed by atoms with E-state index in [9.17, 15) is 4.79 Å². The molecule has 0 spiro atoms. The average molecular weight is 288 g/mol. The highest BCUT2D eigenvalue weighted by molar-refractivity contribution is 6.45. The van der Waals surface area contributed by atoms with E-state index in [0.29, 0.717) is 5.69 Å². The predicted molar refractivity (Wildman–Crippen MR) is 81.9 cm³/mol. The molecular formula is C16H14ClNO2. The number of anilines is 1. The van der Waals surface area contributed by atoms with Crippen LogP contribution in [-0.2, 0) is 4.79 Å². The molecule has 0 heterocycles. The van der Waals surface area contributed by atoms with Gasteiger partial charge in [0, 0.05) is 5.69 Å². The number of benzene rings is 2. The van der Waals surface area contributed by atoms with Gasteiger partial charge in [-0.2, -0.15) is 0 Å². The van der Waals surface area contributed by atoms with Gasteiger partial charge in [0.25, 0.3) is 5.91 Å². The molecule has 0 aliphatic carbocycles. The fraction of sp³-hybridized carbons (Fsp3) is 0.0625. The van der Waals surface area contributed by atoms with E-state index in [1.165, 1.54) is 0 Å². The first-order valence-corrected chi connectivity index (χ1v) is 6.44. The number of amides is 1. The molecule has 0 aliphatic rings. The number of carbonyl (C=O) groups is 1. The summed E-state index contributed by atoms with van der Waals surface area (Å²) in [6.07, 6.45) is 1.63. The number of halogens is 1. The SMILES string of the molecule is COc1ccc(NC(=O)/C(Cl)=C/c2ccccc2)cc1. The molecular weight excluding hydrogens is 274 g/mol. The van der Waals surface area contributed by atoms with Crippen molar-refractivity contribution in [2.24, 2.45) is 0 Å². The number of hydrogen-bond donors (Lipinski definition) is 1. The highest BCUT2D eigenvalue weighted by Gasteiger charge is 2.07. The van der Waals surface area contributed by atoms with Crippen LogP contribution in [0, 0.1) is 0 Å². The van der Waals surface area contributed by atoms with E-state index >= 15 is 0 Å². The van der Waals surface area contributed by atoms with Crippen molar-refractivity contribution in [1.29, 1.82) is 0 Å². The number of nitrogens with one attached hydrogen (secondary N) is 1. The number of ether oxygens (including phenoxy) is 1. The summed E-state index contributed by atoms with van der Waals surface area (Å²) in [5, 5.41) is 2.85. The number of rotatable bonds is 4. The largest absolute Gasteiger partial charge is 0.497 e. The molecule has 0 aromatic heterocycles. The maximum atomic E-state index is 11.9. The molecule has 0 radical (unpaired) electrons. The zero-order valence-electron chi connectivity index (χ0n) is 11.0. The Kier molecular flexibility index (Phi) is 4.80. The van der Waals surface area contributed by atoms with Crippen LogP contribution in [-0.4, -0.2) is 13.0 Å². The summed E-state index contributed by atoms with van der Waals surface area (Å²) in [6, 6.07) is 16.5. The van der Waals surface area contributed by atoms with Crippen LogP contribution in [0.15, 0.2) is 59.6 Å². The van der Waals surface area contributed by atoms with E-state index < -0.39 is 0 Å². The quantitative estimate of drug-likeness (QED) is 0.866. The van der Waals surface area contributed by atoms with Crippen molar-refractivity contribution in [2.45, 2.75) is 0 Å². The maximum absolute atomic E-state index is 11.9. The monoisotopic (exact) mass is 287 g/mol. The summed E-state index contributed by atoms with van der Waals surface area (Å²) >= 11 is 6.00. The van der Waals surface area contributed by atoms with Crippen molar-refractivity contribution in [3.8, 4) is 5.75 Å². The Morgan fingerprint density at radius 1 is 1.10 bits per heavy atom. The van der Waals surface area contributed by atoms with E-state index in [0.717, 1.165) is 11.3 Å². The second-order valence-electron chi connectivity index (χ2n) is 4.09. The zero-order chi connectivity index (χ0) is 14.4. The van der Waals surface area contributed by atoms with Crippen LogP contribution in [0.3, 0.4) is 0 Å².